The van der Waals surface area contributed by atoms with Gasteiger partial charge in [0.1, 0.15) is 5.65 Å². The summed E-state index contributed by atoms with van der Waals surface area (Å²) in [6, 6.07) is 7.23. The number of hydrogen-bond donors (Lipinski definition) is 1. The number of rotatable bonds is 4. The van der Waals surface area contributed by atoms with Crippen LogP contribution in [0.5, 0.6) is 0 Å². The lowest BCUT2D eigenvalue weighted by Gasteiger charge is -2.42. The number of nitrogens with zero attached hydrogens (tertiary/aromatic N) is 2. The minimum atomic E-state index is -0.0124. The van der Waals surface area contributed by atoms with Crippen LogP contribution in [0, 0.1) is 0 Å². The van der Waals surface area contributed by atoms with Crippen LogP contribution in [0.15, 0.2) is 35.3 Å². The van der Waals surface area contributed by atoms with Crippen molar-refractivity contribution in [2.75, 3.05) is 0 Å². The Morgan fingerprint density at radius 2 is 2.26 bits per heavy atom. The first-order valence-corrected chi connectivity index (χ1v) is 6.95. The van der Waals surface area contributed by atoms with Gasteiger partial charge in [-0.05, 0) is 37.8 Å². The van der Waals surface area contributed by atoms with E-state index >= 15 is 0 Å². The van der Waals surface area contributed by atoms with Gasteiger partial charge in [0.15, 0.2) is 0 Å². The van der Waals surface area contributed by atoms with E-state index in [0.29, 0.717) is 12.2 Å². The lowest BCUT2D eigenvalue weighted by atomic mass is 9.75. The molecule has 2 aromatic heterocycles. The van der Waals surface area contributed by atoms with Crippen molar-refractivity contribution in [3.8, 4) is 0 Å². The van der Waals surface area contributed by atoms with E-state index in [9.17, 15) is 4.79 Å². The monoisotopic (exact) mass is 257 g/mol. The highest BCUT2D eigenvalue weighted by atomic mass is 16.1. The van der Waals surface area contributed by atoms with Crippen molar-refractivity contribution in [3.63, 3.8) is 0 Å². The van der Waals surface area contributed by atoms with Gasteiger partial charge in [-0.25, -0.2) is 4.98 Å². The number of hydrogen-bond acceptors (Lipinski definition) is 3. The molecule has 0 bridgehead atoms. The molecule has 1 aliphatic carbocycles. The summed E-state index contributed by atoms with van der Waals surface area (Å²) < 4.78 is 1.57. The van der Waals surface area contributed by atoms with Gasteiger partial charge in [0.2, 0.25) is 0 Å². The van der Waals surface area contributed by atoms with Crippen molar-refractivity contribution in [1.82, 2.24) is 14.7 Å². The number of pyridine rings is 1. The number of aromatic nitrogens is 2. The molecule has 1 fully saturated rings. The molecule has 0 aromatic carbocycles. The van der Waals surface area contributed by atoms with E-state index in [-0.39, 0.29) is 11.1 Å². The molecule has 0 saturated heterocycles. The third-order valence-electron chi connectivity index (χ3n) is 4.26. The zero-order valence-electron chi connectivity index (χ0n) is 11.2. The van der Waals surface area contributed by atoms with Crippen LogP contribution in [0.25, 0.3) is 5.65 Å². The molecule has 1 N–H and O–H groups in total. The van der Waals surface area contributed by atoms with Crippen LogP contribution in [-0.4, -0.2) is 14.9 Å². The average molecular weight is 257 g/mol. The molecule has 0 amide bonds. The van der Waals surface area contributed by atoms with E-state index in [1.165, 1.54) is 19.3 Å². The van der Waals surface area contributed by atoms with E-state index < -0.39 is 0 Å². The first kappa shape index (κ1) is 12.4. The summed E-state index contributed by atoms with van der Waals surface area (Å²) in [6.07, 6.45) is 6.65. The lowest BCUT2D eigenvalue weighted by molar-refractivity contribution is 0.175. The fourth-order valence-electron chi connectivity index (χ4n) is 2.73. The normalized spacial score (nSPS) is 17.3. The molecule has 19 heavy (non-hydrogen) atoms. The molecule has 0 aliphatic heterocycles. The Morgan fingerprint density at radius 1 is 1.42 bits per heavy atom. The SMILES string of the molecule is CCC1(NCc2cc(=O)n3ccccc3n2)CCC1. The smallest absolute Gasteiger partial charge is 0.258 e. The Balaban J connectivity index is 1.83. The zero-order chi connectivity index (χ0) is 13.3. The van der Waals surface area contributed by atoms with Crippen LogP contribution in [0.4, 0.5) is 0 Å². The standard InChI is InChI=1S/C15H19N3O/c1-2-15(7-5-8-15)16-11-12-10-14(19)18-9-4-3-6-13(18)17-12/h3-4,6,9-10,16H,2,5,7-8,11H2,1H3. The Labute approximate surface area is 112 Å². The summed E-state index contributed by atoms with van der Waals surface area (Å²) in [5.41, 5.74) is 1.81. The molecule has 3 rings (SSSR count). The van der Waals surface area contributed by atoms with Crippen LogP contribution < -0.4 is 10.9 Å². The molecule has 4 heteroatoms. The van der Waals surface area contributed by atoms with Gasteiger partial charge in [0.25, 0.3) is 5.56 Å². The Hall–Kier alpha value is -1.68. The fraction of sp³-hybridized carbons (Fsp3) is 0.467. The summed E-state index contributed by atoms with van der Waals surface area (Å²) >= 11 is 0. The molecular weight excluding hydrogens is 238 g/mol. The van der Waals surface area contributed by atoms with E-state index in [1.807, 2.05) is 18.2 Å². The first-order chi connectivity index (χ1) is 9.22. The molecule has 0 atom stereocenters. The molecule has 0 spiro atoms. The van der Waals surface area contributed by atoms with E-state index in [2.05, 4.69) is 17.2 Å². The minimum Gasteiger partial charge on any atom is -0.306 e. The van der Waals surface area contributed by atoms with Gasteiger partial charge in [0.05, 0.1) is 5.69 Å². The zero-order valence-corrected chi connectivity index (χ0v) is 11.2. The van der Waals surface area contributed by atoms with Gasteiger partial charge >= 0.3 is 0 Å². The first-order valence-electron chi connectivity index (χ1n) is 6.95. The van der Waals surface area contributed by atoms with E-state index in [0.717, 1.165) is 12.1 Å². The second kappa shape index (κ2) is 4.78. The molecule has 0 unspecified atom stereocenters. The maximum atomic E-state index is 12.0. The van der Waals surface area contributed by atoms with Crippen molar-refractivity contribution < 1.29 is 0 Å². The highest BCUT2D eigenvalue weighted by Crippen LogP contribution is 2.34. The van der Waals surface area contributed by atoms with Crippen molar-refractivity contribution >= 4 is 5.65 Å². The van der Waals surface area contributed by atoms with Crippen molar-refractivity contribution in [2.24, 2.45) is 0 Å². The van der Waals surface area contributed by atoms with Gasteiger partial charge < -0.3 is 5.32 Å². The fourth-order valence-corrected chi connectivity index (χ4v) is 2.73. The second-order valence-electron chi connectivity index (χ2n) is 5.36. The Kier molecular flexibility index (Phi) is 3.11. The molecular formula is C15H19N3O. The molecule has 1 saturated carbocycles. The predicted molar refractivity (Wildman–Crippen MR) is 75.2 cm³/mol. The summed E-state index contributed by atoms with van der Waals surface area (Å²) in [5, 5.41) is 3.58. The quantitative estimate of drug-likeness (QED) is 0.912. The van der Waals surface area contributed by atoms with Crippen LogP contribution in [-0.2, 0) is 6.54 Å². The minimum absolute atomic E-state index is 0.0124. The van der Waals surface area contributed by atoms with Crippen molar-refractivity contribution in [1.29, 1.82) is 0 Å². The maximum absolute atomic E-state index is 12.0. The van der Waals surface area contributed by atoms with Gasteiger partial charge in [-0.2, -0.15) is 0 Å². The largest absolute Gasteiger partial charge is 0.306 e. The third kappa shape index (κ3) is 2.28. The number of nitrogens with one attached hydrogen (secondary N) is 1. The second-order valence-corrected chi connectivity index (χ2v) is 5.36. The highest BCUT2D eigenvalue weighted by Gasteiger charge is 2.34. The van der Waals surface area contributed by atoms with Gasteiger partial charge in [-0.3, -0.25) is 9.20 Å². The van der Waals surface area contributed by atoms with E-state index in [4.69, 9.17) is 0 Å². The summed E-state index contributed by atoms with van der Waals surface area (Å²) in [7, 11) is 0. The molecule has 100 valence electrons. The predicted octanol–water partition coefficient (Wildman–Crippen LogP) is 2.12. The molecule has 1 aliphatic rings. The van der Waals surface area contributed by atoms with Crippen molar-refractivity contribution in [3.05, 3.63) is 46.5 Å². The topological polar surface area (TPSA) is 46.4 Å². The van der Waals surface area contributed by atoms with Crippen LogP contribution >= 0.6 is 0 Å². The van der Waals surface area contributed by atoms with Gasteiger partial charge in [-0.15, -0.1) is 0 Å². The van der Waals surface area contributed by atoms with Crippen LogP contribution in [0.3, 0.4) is 0 Å². The Bertz CT molecular complexity index is 638. The summed E-state index contributed by atoms with van der Waals surface area (Å²) in [5.74, 6) is 0. The molecule has 4 nitrogen and oxygen atoms in total. The average Bonchev–Trinajstić information content (AvgIpc) is 2.38. The lowest BCUT2D eigenvalue weighted by Crippen LogP contribution is -2.50. The van der Waals surface area contributed by atoms with Gasteiger partial charge in [0, 0.05) is 24.3 Å². The summed E-state index contributed by atoms with van der Waals surface area (Å²) in [6.45, 7) is 2.89. The molecule has 2 aromatic rings. The van der Waals surface area contributed by atoms with Gasteiger partial charge in [-0.1, -0.05) is 13.0 Å². The summed E-state index contributed by atoms with van der Waals surface area (Å²) in [4.78, 5) is 16.5. The number of fused-ring (bicyclic) bond motifs is 1. The maximum Gasteiger partial charge on any atom is 0.258 e. The molecule has 0 radical (unpaired) electrons. The van der Waals surface area contributed by atoms with Crippen LogP contribution in [0.2, 0.25) is 0 Å². The Morgan fingerprint density at radius 3 is 2.95 bits per heavy atom. The molecule has 2 heterocycles. The van der Waals surface area contributed by atoms with Crippen molar-refractivity contribution in [2.45, 2.75) is 44.7 Å². The highest BCUT2D eigenvalue weighted by molar-refractivity contribution is 5.38. The van der Waals surface area contributed by atoms with Crippen LogP contribution in [0.1, 0.15) is 38.3 Å². The third-order valence-corrected chi connectivity index (χ3v) is 4.26. The van der Waals surface area contributed by atoms with E-state index in [1.54, 1.807) is 16.7 Å².